The summed E-state index contributed by atoms with van der Waals surface area (Å²) in [6, 6.07) is 10.3. The summed E-state index contributed by atoms with van der Waals surface area (Å²) in [4.78, 5) is 7.32. The van der Waals surface area contributed by atoms with Crippen molar-refractivity contribution in [3.63, 3.8) is 0 Å². The molecular weight excluding hydrogens is 502 g/mol. The predicted molar refractivity (Wildman–Crippen MR) is 125 cm³/mol. The van der Waals surface area contributed by atoms with Gasteiger partial charge < -0.3 is 29.8 Å². The van der Waals surface area contributed by atoms with Crippen molar-refractivity contribution in [3.05, 3.63) is 54.0 Å². The molecule has 0 spiro atoms. The maximum absolute atomic E-state index is 13.3. The molecule has 0 aliphatic carbocycles. The fourth-order valence-corrected chi connectivity index (χ4v) is 3.21. The molecule has 0 saturated carbocycles. The first-order valence-electron chi connectivity index (χ1n) is 9.45. The number of guanidine groups is 1. The summed E-state index contributed by atoms with van der Waals surface area (Å²) in [5.74, 6) is 2.63. The van der Waals surface area contributed by atoms with E-state index >= 15 is 0 Å². The van der Waals surface area contributed by atoms with E-state index in [1.54, 1.807) is 13.1 Å². The van der Waals surface area contributed by atoms with E-state index in [0.717, 1.165) is 34.4 Å². The first kappa shape index (κ1) is 22.0. The van der Waals surface area contributed by atoms with Gasteiger partial charge in [0.1, 0.15) is 18.2 Å². The van der Waals surface area contributed by atoms with Gasteiger partial charge in [-0.15, -0.1) is 24.0 Å². The van der Waals surface area contributed by atoms with Crippen molar-refractivity contribution in [2.24, 2.45) is 4.99 Å². The van der Waals surface area contributed by atoms with Crippen LogP contribution in [0.15, 0.2) is 47.6 Å². The Balaban J connectivity index is 0.00000256. The zero-order valence-corrected chi connectivity index (χ0v) is 18.9. The maximum atomic E-state index is 13.3. The van der Waals surface area contributed by atoms with E-state index in [4.69, 9.17) is 14.2 Å². The second kappa shape index (κ2) is 10.4. The van der Waals surface area contributed by atoms with E-state index in [9.17, 15) is 4.39 Å². The minimum atomic E-state index is -0.239. The van der Waals surface area contributed by atoms with Gasteiger partial charge in [0.05, 0.1) is 6.54 Å². The van der Waals surface area contributed by atoms with Crippen molar-refractivity contribution in [3.8, 4) is 17.2 Å². The Morgan fingerprint density at radius 1 is 1.13 bits per heavy atom. The smallest absolute Gasteiger partial charge is 0.231 e. The Bertz CT molecular complexity index is 1020. The second-order valence-corrected chi connectivity index (χ2v) is 6.54. The molecule has 2 heterocycles. The molecule has 4 rings (SSSR count). The number of aromatic nitrogens is 1. The number of rotatable bonds is 7. The van der Waals surface area contributed by atoms with Crippen LogP contribution >= 0.6 is 24.0 Å². The van der Waals surface area contributed by atoms with Crippen LogP contribution in [0.25, 0.3) is 10.9 Å². The molecule has 7 nitrogen and oxygen atoms in total. The van der Waals surface area contributed by atoms with E-state index in [1.165, 1.54) is 12.1 Å². The summed E-state index contributed by atoms with van der Waals surface area (Å²) in [5, 5.41) is 7.53. The van der Waals surface area contributed by atoms with E-state index < -0.39 is 0 Å². The third-order valence-electron chi connectivity index (χ3n) is 4.65. The Kier molecular flexibility index (Phi) is 7.61. The molecule has 0 fully saturated rings. The summed E-state index contributed by atoms with van der Waals surface area (Å²) in [7, 11) is 1.72. The number of ether oxygens (including phenoxy) is 3. The number of hydrogen-bond donors (Lipinski definition) is 3. The fourth-order valence-electron chi connectivity index (χ4n) is 3.21. The summed E-state index contributed by atoms with van der Waals surface area (Å²) >= 11 is 0. The number of H-pyrrole nitrogens is 1. The Hall–Kier alpha value is -2.69. The average molecular weight is 526 g/mol. The topological polar surface area (TPSA) is 79.9 Å². The van der Waals surface area contributed by atoms with Gasteiger partial charge in [0.25, 0.3) is 0 Å². The zero-order valence-electron chi connectivity index (χ0n) is 16.5. The summed E-state index contributed by atoms with van der Waals surface area (Å²) in [6.45, 7) is 2.03. The van der Waals surface area contributed by atoms with Crippen molar-refractivity contribution in [2.75, 3.05) is 33.5 Å². The van der Waals surface area contributed by atoms with Crippen LogP contribution in [0.4, 0.5) is 4.39 Å². The molecule has 1 aliphatic rings. The molecule has 0 unspecified atom stereocenters. The van der Waals surface area contributed by atoms with Crippen LogP contribution in [-0.4, -0.2) is 44.5 Å². The number of benzene rings is 2. The number of halogens is 2. The van der Waals surface area contributed by atoms with Crippen molar-refractivity contribution in [1.82, 2.24) is 15.6 Å². The van der Waals surface area contributed by atoms with Crippen molar-refractivity contribution < 1.29 is 18.6 Å². The lowest BCUT2D eigenvalue weighted by molar-refractivity contribution is 0.173. The summed E-state index contributed by atoms with van der Waals surface area (Å²) < 4.78 is 29.6. The van der Waals surface area contributed by atoms with Gasteiger partial charge >= 0.3 is 0 Å². The highest BCUT2D eigenvalue weighted by molar-refractivity contribution is 14.0. The monoisotopic (exact) mass is 526 g/mol. The van der Waals surface area contributed by atoms with Gasteiger partial charge in [0.2, 0.25) is 6.79 Å². The minimum Gasteiger partial charge on any atom is -0.492 e. The molecule has 3 N–H and O–H groups in total. The number of fused-ring (bicyclic) bond motifs is 2. The van der Waals surface area contributed by atoms with Gasteiger partial charge in [0, 0.05) is 36.8 Å². The van der Waals surface area contributed by atoms with Gasteiger partial charge in [-0.3, -0.25) is 4.99 Å². The highest BCUT2D eigenvalue weighted by atomic mass is 127. The van der Waals surface area contributed by atoms with Gasteiger partial charge in [-0.25, -0.2) is 4.39 Å². The van der Waals surface area contributed by atoms with Gasteiger partial charge in [-0.05, 0) is 42.3 Å². The third kappa shape index (κ3) is 5.26. The lowest BCUT2D eigenvalue weighted by Crippen LogP contribution is -2.40. The Morgan fingerprint density at radius 3 is 2.83 bits per heavy atom. The molecule has 9 heteroatoms. The lowest BCUT2D eigenvalue weighted by atomic mass is 10.1. The number of aromatic amines is 1. The lowest BCUT2D eigenvalue weighted by Gasteiger charge is -2.12. The van der Waals surface area contributed by atoms with Crippen LogP contribution in [0.1, 0.15) is 5.56 Å². The van der Waals surface area contributed by atoms with E-state index in [0.29, 0.717) is 31.4 Å². The molecule has 1 aliphatic heterocycles. The number of hydrogen-bond acceptors (Lipinski definition) is 4. The third-order valence-corrected chi connectivity index (χ3v) is 4.65. The molecule has 1 aromatic heterocycles. The summed E-state index contributed by atoms with van der Waals surface area (Å²) in [5.41, 5.74) is 1.94. The molecule has 0 amide bonds. The normalized spacial score (nSPS) is 12.5. The molecule has 0 radical (unpaired) electrons. The average Bonchev–Trinajstić information content (AvgIpc) is 3.35. The minimum absolute atomic E-state index is 0. The first-order chi connectivity index (χ1) is 14.2. The van der Waals surface area contributed by atoms with Crippen molar-refractivity contribution in [1.29, 1.82) is 0 Å². The molecule has 30 heavy (non-hydrogen) atoms. The molecule has 0 atom stereocenters. The molecular formula is C21H24FIN4O3. The Labute approximate surface area is 191 Å². The molecule has 2 aromatic carbocycles. The van der Waals surface area contributed by atoms with Crippen LogP contribution in [0, 0.1) is 5.82 Å². The van der Waals surface area contributed by atoms with E-state index in [1.807, 2.05) is 24.4 Å². The number of aliphatic imine (C=N–C) groups is 1. The zero-order chi connectivity index (χ0) is 20.1. The molecule has 160 valence electrons. The van der Waals surface area contributed by atoms with Crippen LogP contribution in [0.3, 0.4) is 0 Å². The SMILES string of the molecule is CN=C(NCCOc1ccc2c(c1)OCO2)NCCc1c[nH]c2cc(F)ccc12.I. The highest BCUT2D eigenvalue weighted by Crippen LogP contribution is 2.34. The standard InChI is InChI=1S/C21H23FN4O3.HI/c1-23-21(24-7-6-14-12-26-18-10-15(22)2-4-17(14)18)25-8-9-27-16-3-5-19-20(11-16)29-13-28-19;/h2-5,10-12,26H,6-9,13H2,1H3,(H2,23,24,25);1H. The molecule has 3 aromatic rings. The van der Waals surface area contributed by atoms with Crippen molar-refractivity contribution >= 4 is 40.8 Å². The van der Waals surface area contributed by atoms with Gasteiger partial charge in [0.15, 0.2) is 17.5 Å². The number of nitrogens with zero attached hydrogens (tertiary/aromatic N) is 1. The molecule has 0 saturated heterocycles. The quantitative estimate of drug-likeness (QED) is 0.190. The van der Waals surface area contributed by atoms with E-state index in [2.05, 4.69) is 20.6 Å². The van der Waals surface area contributed by atoms with E-state index in [-0.39, 0.29) is 36.6 Å². The van der Waals surface area contributed by atoms with Gasteiger partial charge in [-0.2, -0.15) is 0 Å². The van der Waals surface area contributed by atoms with Crippen LogP contribution in [0.2, 0.25) is 0 Å². The van der Waals surface area contributed by atoms with Crippen LogP contribution < -0.4 is 24.8 Å². The fraction of sp³-hybridized carbons (Fsp3) is 0.286. The van der Waals surface area contributed by atoms with Crippen LogP contribution in [0.5, 0.6) is 17.2 Å². The maximum Gasteiger partial charge on any atom is 0.231 e. The predicted octanol–water partition coefficient (Wildman–Crippen LogP) is 3.44. The summed E-state index contributed by atoms with van der Waals surface area (Å²) in [6.07, 6.45) is 2.71. The van der Waals surface area contributed by atoms with Crippen LogP contribution in [-0.2, 0) is 6.42 Å². The number of nitrogens with one attached hydrogen (secondary N) is 3. The molecule has 0 bridgehead atoms. The van der Waals surface area contributed by atoms with Gasteiger partial charge in [-0.1, -0.05) is 0 Å². The second-order valence-electron chi connectivity index (χ2n) is 6.54. The largest absolute Gasteiger partial charge is 0.492 e. The Morgan fingerprint density at radius 2 is 1.97 bits per heavy atom. The first-order valence-corrected chi connectivity index (χ1v) is 9.45. The highest BCUT2D eigenvalue weighted by Gasteiger charge is 2.13. The van der Waals surface area contributed by atoms with Crippen molar-refractivity contribution in [2.45, 2.75) is 6.42 Å².